The number of carbonyl (C=O) groups is 1. The molecule has 4 heterocycles. The average molecular weight is 519 g/mol. The highest BCUT2D eigenvalue weighted by atomic mass is 32.1. The number of nitrogens with one attached hydrogen (secondary N) is 2. The number of aromatic nitrogens is 3. The summed E-state index contributed by atoms with van der Waals surface area (Å²) >= 11 is 5.80. The van der Waals surface area contributed by atoms with Crippen molar-refractivity contribution in [3.63, 3.8) is 0 Å². The van der Waals surface area contributed by atoms with Crippen LogP contribution in [0.5, 0.6) is 0 Å². The number of hydrogen-bond acceptors (Lipinski definition) is 4. The number of anilines is 1. The van der Waals surface area contributed by atoms with Crippen molar-refractivity contribution in [1.82, 2.24) is 24.8 Å². The summed E-state index contributed by atoms with van der Waals surface area (Å²) in [7, 11) is 0. The number of pyridine rings is 2. The maximum absolute atomic E-state index is 13.1. The van der Waals surface area contributed by atoms with Crippen molar-refractivity contribution in [1.29, 1.82) is 0 Å². The van der Waals surface area contributed by atoms with Crippen LogP contribution in [-0.2, 0) is 4.79 Å². The third-order valence-corrected chi connectivity index (χ3v) is 7.17. The highest BCUT2D eigenvalue weighted by Gasteiger charge is 2.41. The molecule has 1 saturated heterocycles. The van der Waals surface area contributed by atoms with Crippen molar-refractivity contribution in [2.45, 2.75) is 18.5 Å². The zero-order chi connectivity index (χ0) is 25.9. The second-order valence-electron chi connectivity index (χ2n) is 9.14. The Balaban J connectivity index is 1.28. The maximum atomic E-state index is 13.1. The summed E-state index contributed by atoms with van der Waals surface area (Å²) in [5.74, 6) is 0.753. The minimum atomic E-state index is -0.181. The van der Waals surface area contributed by atoms with E-state index in [1.165, 1.54) is 0 Å². The number of rotatable bonds is 7. The fraction of sp³-hybridized carbons (Fsp3) is 0.133. The Morgan fingerprint density at radius 1 is 0.895 bits per heavy atom. The van der Waals surface area contributed by atoms with Crippen LogP contribution >= 0.6 is 12.2 Å². The molecule has 3 aromatic heterocycles. The summed E-state index contributed by atoms with van der Waals surface area (Å²) in [5, 5.41) is 9.26. The van der Waals surface area contributed by atoms with Crippen molar-refractivity contribution in [2.75, 3.05) is 11.9 Å². The summed E-state index contributed by atoms with van der Waals surface area (Å²) in [4.78, 5) is 24.4. The monoisotopic (exact) mass is 518 g/mol. The van der Waals surface area contributed by atoms with Crippen molar-refractivity contribution in [2.24, 2.45) is 0 Å². The molecule has 188 valence electrons. The van der Waals surface area contributed by atoms with Gasteiger partial charge in [-0.1, -0.05) is 48.5 Å². The van der Waals surface area contributed by atoms with Gasteiger partial charge in [-0.05, 0) is 60.1 Å². The Labute approximate surface area is 226 Å². The first-order valence-corrected chi connectivity index (χ1v) is 12.9. The predicted octanol–water partition coefficient (Wildman–Crippen LogP) is 5.42. The third-order valence-electron chi connectivity index (χ3n) is 6.82. The molecule has 0 aliphatic carbocycles. The van der Waals surface area contributed by atoms with Crippen LogP contribution in [0, 0.1) is 0 Å². The van der Waals surface area contributed by atoms with Crippen LogP contribution in [0.25, 0.3) is 16.6 Å². The Morgan fingerprint density at radius 3 is 2.50 bits per heavy atom. The van der Waals surface area contributed by atoms with Gasteiger partial charge in [-0.15, -0.1) is 0 Å². The van der Waals surface area contributed by atoms with Crippen molar-refractivity contribution >= 4 is 39.7 Å². The van der Waals surface area contributed by atoms with E-state index in [4.69, 9.17) is 12.2 Å². The van der Waals surface area contributed by atoms with Gasteiger partial charge >= 0.3 is 0 Å². The minimum Gasteiger partial charge on any atom is -0.352 e. The molecule has 0 spiro atoms. The Kier molecular flexibility index (Phi) is 6.54. The van der Waals surface area contributed by atoms with Crippen LogP contribution in [0.3, 0.4) is 0 Å². The van der Waals surface area contributed by atoms with E-state index in [1.54, 1.807) is 12.4 Å². The molecule has 1 fully saturated rings. The van der Waals surface area contributed by atoms with E-state index in [9.17, 15) is 4.79 Å². The van der Waals surface area contributed by atoms with Crippen LogP contribution in [0.4, 0.5) is 5.69 Å². The van der Waals surface area contributed by atoms with Gasteiger partial charge in [0.1, 0.15) is 5.82 Å². The van der Waals surface area contributed by atoms with E-state index < -0.39 is 0 Å². The highest BCUT2D eigenvalue weighted by Crippen LogP contribution is 2.39. The topological polar surface area (TPSA) is 75.1 Å². The largest absolute Gasteiger partial charge is 0.352 e. The van der Waals surface area contributed by atoms with Gasteiger partial charge in [0.15, 0.2) is 5.11 Å². The lowest BCUT2D eigenvalue weighted by molar-refractivity contribution is -0.116. The number of benzene rings is 2. The standard InChI is InChI=1S/C30H26N6OS/c37-27(33-23-13-7-10-21-9-1-2-11-22(21)23)16-20-36-29(28(34-30(36)38)24-12-3-5-17-31-24)25-14-8-19-35(25)26-15-4-6-18-32-26/h1-15,17-19,28-29H,16,20H2,(H,33,37)(H,34,38)/t28-,29+/m0/s1. The molecule has 0 unspecified atom stereocenters. The summed E-state index contributed by atoms with van der Waals surface area (Å²) < 4.78 is 2.07. The SMILES string of the molecule is O=C(CCN1C(=S)N[C@@H](c2ccccn2)[C@H]1c1cccn1-c1ccccn1)Nc1cccc2ccccc12. The number of carbonyl (C=O) groups excluding carboxylic acids is 1. The van der Waals surface area contributed by atoms with E-state index in [0.717, 1.165) is 33.7 Å². The minimum absolute atomic E-state index is 0.0655. The fourth-order valence-corrected chi connectivity index (χ4v) is 5.41. The number of amides is 1. The van der Waals surface area contributed by atoms with Crippen LogP contribution in [-0.4, -0.2) is 37.0 Å². The smallest absolute Gasteiger partial charge is 0.226 e. The van der Waals surface area contributed by atoms with Gasteiger partial charge in [-0.25, -0.2) is 4.98 Å². The molecule has 1 amide bonds. The predicted molar refractivity (Wildman–Crippen MR) is 153 cm³/mol. The molecule has 7 nitrogen and oxygen atoms in total. The first-order chi connectivity index (χ1) is 18.7. The van der Waals surface area contributed by atoms with Crippen molar-refractivity contribution < 1.29 is 4.79 Å². The molecule has 5 aromatic rings. The zero-order valence-electron chi connectivity index (χ0n) is 20.6. The first kappa shape index (κ1) is 23.8. The normalized spacial score (nSPS) is 16.9. The number of nitrogens with zero attached hydrogens (tertiary/aromatic N) is 4. The average Bonchev–Trinajstić information content (AvgIpc) is 3.57. The Morgan fingerprint density at radius 2 is 1.68 bits per heavy atom. The molecule has 2 N–H and O–H groups in total. The van der Waals surface area contributed by atoms with Crippen LogP contribution in [0.15, 0.2) is 110 Å². The lowest BCUT2D eigenvalue weighted by Gasteiger charge is -2.28. The van der Waals surface area contributed by atoms with E-state index in [2.05, 4.69) is 36.1 Å². The molecule has 6 rings (SSSR count). The van der Waals surface area contributed by atoms with Gasteiger partial charge in [0.2, 0.25) is 5.91 Å². The Bertz CT molecular complexity index is 1580. The highest BCUT2D eigenvalue weighted by molar-refractivity contribution is 7.80. The van der Waals surface area contributed by atoms with Gasteiger partial charge in [0.25, 0.3) is 0 Å². The molecule has 38 heavy (non-hydrogen) atoms. The quantitative estimate of drug-likeness (QED) is 0.280. The zero-order valence-corrected chi connectivity index (χ0v) is 21.4. The van der Waals surface area contributed by atoms with E-state index >= 15 is 0 Å². The summed E-state index contributed by atoms with van der Waals surface area (Å²) in [6, 6.07) is 29.4. The second kappa shape index (κ2) is 10.4. The molecule has 0 radical (unpaired) electrons. The summed E-state index contributed by atoms with van der Waals surface area (Å²) in [6.07, 6.45) is 5.85. The van der Waals surface area contributed by atoms with Crippen LogP contribution in [0.2, 0.25) is 0 Å². The van der Waals surface area contributed by atoms with E-state index in [0.29, 0.717) is 11.7 Å². The van der Waals surface area contributed by atoms with Crippen LogP contribution < -0.4 is 10.6 Å². The number of hydrogen-bond donors (Lipinski definition) is 2. The van der Waals surface area contributed by atoms with Gasteiger partial charge in [-0.3, -0.25) is 9.78 Å². The summed E-state index contributed by atoms with van der Waals surface area (Å²) in [6.45, 7) is 0.448. The molecule has 8 heteroatoms. The molecule has 2 atom stereocenters. The van der Waals surface area contributed by atoms with Gasteiger partial charge < -0.3 is 20.1 Å². The summed E-state index contributed by atoms with van der Waals surface area (Å²) in [5.41, 5.74) is 2.71. The van der Waals surface area contributed by atoms with Crippen LogP contribution in [0.1, 0.15) is 29.9 Å². The van der Waals surface area contributed by atoms with E-state index in [-0.39, 0.29) is 24.4 Å². The Hall–Kier alpha value is -4.56. The molecule has 1 aliphatic rings. The van der Waals surface area contributed by atoms with Crippen molar-refractivity contribution in [3.05, 3.63) is 121 Å². The fourth-order valence-electron chi connectivity index (χ4n) is 5.08. The van der Waals surface area contributed by atoms with E-state index in [1.807, 2.05) is 91.1 Å². The number of fused-ring (bicyclic) bond motifs is 1. The third kappa shape index (κ3) is 4.62. The molecule has 0 saturated carbocycles. The van der Waals surface area contributed by atoms with Crippen molar-refractivity contribution in [3.8, 4) is 5.82 Å². The lowest BCUT2D eigenvalue weighted by atomic mass is 10.0. The van der Waals surface area contributed by atoms with Gasteiger partial charge in [0.05, 0.1) is 17.8 Å². The number of thiocarbonyl (C=S) groups is 1. The molecular formula is C30H26N6OS. The maximum Gasteiger partial charge on any atom is 0.226 e. The first-order valence-electron chi connectivity index (χ1n) is 12.5. The second-order valence-corrected chi connectivity index (χ2v) is 9.52. The molecular weight excluding hydrogens is 492 g/mol. The van der Waals surface area contributed by atoms with Gasteiger partial charge in [0, 0.05) is 48.3 Å². The molecule has 1 aliphatic heterocycles. The lowest BCUT2D eigenvalue weighted by Crippen LogP contribution is -2.33. The van der Waals surface area contributed by atoms with Gasteiger partial charge in [-0.2, -0.15) is 0 Å². The molecule has 2 aromatic carbocycles. The molecule has 0 bridgehead atoms.